The zero-order valence-electron chi connectivity index (χ0n) is 13.1. The van der Waals surface area contributed by atoms with Gasteiger partial charge in [0, 0.05) is 43.3 Å². The normalized spacial score (nSPS) is 12.6. The van der Waals surface area contributed by atoms with E-state index in [9.17, 15) is 4.79 Å². The standard InChI is InChI=1S/C15H23BrN4O2/c1-11(10-22-3)19-15(17-2)18-9-8-14(21)20-13-6-4-12(16)5-7-13/h4-7,11H,8-10H2,1-3H3,(H,20,21)(H2,17,18,19). The van der Waals surface area contributed by atoms with Crippen molar-refractivity contribution in [3.05, 3.63) is 28.7 Å². The molecule has 0 spiro atoms. The largest absolute Gasteiger partial charge is 0.383 e. The van der Waals surface area contributed by atoms with Gasteiger partial charge in [-0.3, -0.25) is 9.79 Å². The van der Waals surface area contributed by atoms with Crippen molar-refractivity contribution in [1.29, 1.82) is 0 Å². The average molecular weight is 371 g/mol. The van der Waals surface area contributed by atoms with Crippen molar-refractivity contribution in [1.82, 2.24) is 10.6 Å². The molecule has 1 amide bonds. The summed E-state index contributed by atoms with van der Waals surface area (Å²) in [5.74, 6) is 0.608. The van der Waals surface area contributed by atoms with Crippen LogP contribution >= 0.6 is 15.9 Å². The highest BCUT2D eigenvalue weighted by atomic mass is 79.9. The molecule has 0 heterocycles. The Kier molecular flexibility index (Phi) is 8.54. The summed E-state index contributed by atoms with van der Waals surface area (Å²) < 4.78 is 6.03. The molecule has 1 atom stereocenters. The van der Waals surface area contributed by atoms with E-state index in [1.165, 1.54) is 0 Å². The van der Waals surface area contributed by atoms with E-state index >= 15 is 0 Å². The molecule has 3 N–H and O–H groups in total. The Bertz CT molecular complexity index is 491. The minimum absolute atomic E-state index is 0.0461. The molecule has 122 valence electrons. The van der Waals surface area contributed by atoms with E-state index in [0.717, 1.165) is 10.2 Å². The summed E-state index contributed by atoms with van der Waals surface area (Å²) in [6, 6.07) is 7.62. The molecule has 1 aromatic carbocycles. The van der Waals surface area contributed by atoms with Gasteiger partial charge in [-0.05, 0) is 31.2 Å². The molecule has 0 saturated heterocycles. The highest BCUT2D eigenvalue weighted by Crippen LogP contribution is 2.14. The fourth-order valence-electron chi connectivity index (χ4n) is 1.77. The van der Waals surface area contributed by atoms with Crippen molar-refractivity contribution < 1.29 is 9.53 Å². The zero-order valence-corrected chi connectivity index (χ0v) is 14.7. The van der Waals surface area contributed by atoms with Crippen molar-refractivity contribution in [2.75, 3.05) is 32.6 Å². The number of carbonyl (C=O) groups excluding carboxylic acids is 1. The molecule has 7 heteroatoms. The lowest BCUT2D eigenvalue weighted by molar-refractivity contribution is -0.116. The number of ether oxygens (including phenoxy) is 1. The molecule has 0 saturated carbocycles. The monoisotopic (exact) mass is 370 g/mol. The van der Waals surface area contributed by atoms with Crippen LogP contribution in [0, 0.1) is 0 Å². The predicted octanol–water partition coefficient (Wildman–Crippen LogP) is 1.98. The highest BCUT2D eigenvalue weighted by molar-refractivity contribution is 9.10. The minimum Gasteiger partial charge on any atom is -0.383 e. The maximum atomic E-state index is 11.8. The van der Waals surface area contributed by atoms with Gasteiger partial charge in [-0.1, -0.05) is 15.9 Å². The molecule has 22 heavy (non-hydrogen) atoms. The lowest BCUT2D eigenvalue weighted by atomic mass is 10.3. The summed E-state index contributed by atoms with van der Waals surface area (Å²) in [6.45, 7) is 3.09. The maximum absolute atomic E-state index is 11.8. The number of hydrogen-bond donors (Lipinski definition) is 3. The third kappa shape index (κ3) is 7.42. The summed E-state index contributed by atoms with van der Waals surface area (Å²) in [5, 5.41) is 9.12. The van der Waals surface area contributed by atoms with Gasteiger partial charge in [0.1, 0.15) is 0 Å². The van der Waals surface area contributed by atoms with Crippen LogP contribution in [0.3, 0.4) is 0 Å². The number of methoxy groups -OCH3 is 1. The number of guanidine groups is 1. The smallest absolute Gasteiger partial charge is 0.226 e. The van der Waals surface area contributed by atoms with Gasteiger partial charge in [0.25, 0.3) is 0 Å². The van der Waals surface area contributed by atoms with Gasteiger partial charge in [0.15, 0.2) is 5.96 Å². The Hall–Kier alpha value is -1.60. The van der Waals surface area contributed by atoms with E-state index < -0.39 is 0 Å². The molecule has 0 radical (unpaired) electrons. The first-order chi connectivity index (χ1) is 10.5. The summed E-state index contributed by atoms with van der Waals surface area (Å²) >= 11 is 3.36. The number of nitrogens with zero attached hydrogens (tertiary/aromatic N) is 1. The summed E-state index contributed by atoms with van der Waals surface area (Å²) in [5.41, 5.74) is 0.782. The van der Waals surface area contributed by atoms with E-state index in [4.69, 9.17) is 4.74 Å². The second-order valence-electron chi connectivity index (χ2n) is 4.80. The summed E-state index contributed by atoms with van der Waals surface area (Å²) in [4.78, 5) is 16.0. The maximum Gasteiger partial charge on any atom is 0.226 e. The summed E-state index contributed by atoms with van der Waals surface area (Å²) in [6.07, 6.45) is 0.357. The number of aliphatic imine (C=N–C) groups is 1. The average Bonchev–Trinajstić information content (AvgIpc) is 2.49. The van der Waals surface area contributed by atoms with E-state index in [0.29, 0.717) is 25.5 Å². The van der Waals surface area contributed by atoms with Crippen LogP contribution in [-0.2, 0) is 9.53 Å². The first kappa shape index (κ1) is 18.4. The van der Waals surface area contributed by atoms with Crippen molar-refractivity contribution in [3.63, 3.8) is 0 Å². The third-order valence-electron chi connectivity index (χ3n) is 2.80. The van der Waals surface area contributed by atoms with Crippen LogP contribution in [0.5, 0.6) is 0 Å². The number of rotatable bonds is 7. The quantitative estimate of drug-likeness (QED) is 0.506. The van der Waals surface area contributed by atoms with Crippen molar-refractivity contribution >= 4 is 33.5 Å². The highest BCUT2D eigenvalue weighted by Gasteiger charge is 2.06. The Balaban J connectivity index is 2.30. The number of hydrogen-bond acceptors (Lipinski definition) is 3. The molecule has 0 aliphatic rings. The number of benzene rings is 1. The summed E-state index contributed by atoms with van der Waals surface area (Å²) in [7, 11) is 3.34. The third-order valence-corrected chi connectivity index (χ3v) is 3.32. The van der Waals surface area contributed by atoms with Gasteiger partial charge in [-0.25, -0.2) is 0 Å². The first-order valence-corrected chi connectivity index (χ1v) is 7.86. The first-order valence-electron chi connectivity index (χ1n) is 7.06. The van der Waals surface area contributed by atoms with Crippen LogP contribution in [-0.4, -0.2) is 45.2 Å². The fourth-order valence-corrected chi connectivity index (χ4v) is 2.04. The second-order valence-corrected chi connectivity index (χ2v) is 5.72. The molecule has 0 aliphatic heterocycles. The van der Waals surface area contributed by atoms with E-state index in [2.05, 4.69) is 36.9 Å². The van der Waals surface area contributed by atoms with Crippen molar-refractivity contribution in [2.24, 2.45) is 4.99 Å². The van der Waals surface area contributed by atoms with E-state index in [1.54, 1.807) is 14.2 Å². The molecule has 0 aliphatic carbocycles. The van der Waals surface area contributed by atoms with Crippen molar-refractivity contribution in [2.45, 2.75) is 19.4 Å². The Labute approximate surface area is 139 Å². The van der Waals surface area contributed by atoms with Crippen LogP contribution in [0.4, 0.5) is 5.69 Å². The molecule has 6 nitrogen and oxygen atoms in total. The van der Waals surface area contributed by atoms with E-state index in [-0.39, 0.29) is 11.9 Å². The molecule has 0 aromatic heterocycles. The molecular weight excluding hydrogens is 348 g/mol. The molecule has 0 bridgehead atoms. The van der Waals surface area contributed by atoms with E-state index in [1.807, 2.05) is 31.2 Å². The SMILES string of the molecule is CN=C(NCCC(=O)Nc1ccc(Br)cc1)NC(C)COC. The Morgan fingerprint density at radius 1 is 1.36 bits per heavy atom. The van der Waals surface area contributed by atoms with Gasteiger partial charge < -0.3 is 20.7 Å². The molecule has 1 aromatic rings. The lowest BCUT2D eigenvalue weighted by Crippen LogP contribution is -2.44. The molecular formula is C15H23BrN4O2. The van der Waals surface area contributed by atoms with Gasteiger partial charge in [-0.2, -0.15) is 0 Å². The molecule has 0 fully saturated rings. The van der Waals surface area contributed by atoms with Crippen LogP contribution in [0.15, 0.2) is 33.7 Å². The molecule has 1 unspecified atom stereocenters. The van der Waals surface area contributed by atoms with Crippen LogP contribution in [0.2, 0.25) is 0 Å². The Morgan fingerprint density at radius 3 is 2.64 bits per heavy atom. The number of nitrogens with one attached hydrogen (secondary N) is 3. The van der Waals surface area contributed by atoms with Crippen LogP contribution in [0.25, 0.3) is 0 Å². The van der Waals surface area contributed by atoms with Gasteiger partial charge in [0.05, 0.1) is 6.61 Å². The van der Waals surface area contributed by atoms with Crippen molar-refractivity contribution in [3.8, 4) is 0 Å². The second kappa shape index (κ2) is 10.2. The fraction of sp³-hybridized carbons (Fsp3) is 0.467. The number of halogens is 1. The predicted molar refractivity (Wildman–Crippen MR) is 93.2 cm³/mol. The zero-order chi connectivity index (χ0) is 16.4. The topological polar surface area (TPSA) is 74.8 Å². The lowest BCUT2D eigenvalue weighted by Gasteiger charge is -2.17. The number of amides is 1. The van der Waals surface area contributed by atoms with Crippen LogP contribution in [0.1, 0.15) is 13.3 Å². The van der Waals surface area contributed by atoms with Gasteiger partial charge >= 0.3 is 0 Å². The van der Waals surface area contributed by atoms with Crippen LogP contribution < -0.4 is 16.0 Å². The number of anilines is 1. The Morgan fingerprint density at radius 2 is 2.05 bits per heavy atom. The molecule has 1 rings (SSSR count). The van der Waals surface area contributed by atoms with Gasteiger partial charge in [-0.15, -0.1) is 0 Å². The minimum atomic E-state index is -0.0461. The number of carbonyl (C=O) groups is 1. The van der Waals surface area contributed by atoms with Gasteiger partial charge in [0.2, 0.25) is 5.91 Å².